The van der Waals surface area contributed by atoms with Gasteiger partial charge < -0.3 is 9.32 Å². The first-order valence-electron chi connectivity index (χ1n) is 5.90. The summed E-state index contributed by atoms with van der Waals surface area (Å²) in [5, 5.41) is 0. The number of benzene rings is 1. The van der Waals surface area contributed by atoms with Crippen LogP contribution >= 0.6 is 0 Å². The standard InChI is InChI=1S/C15H17NO2/c1-10-5-6-13(9-11(10)2)16(4)15(17)14-7-8-18-12(14)3/h5-9H,1-4H3. The van der Waals surface area contributed by atoms with E-state index in [0.29, 0.717) is 11.3 Å². The van der Waals surface area contributed by atoms with Gasteiger partial charge in [-0.3, -0.25) is 4.79 Å². The molecule has 0 unspecified atom stereocenters. The van der Waals surface area contributed by atoms with E-state index in [0.717, 1.165) is 5.69 Å². The summed E-state index contributed by atoms with van der Waals surface area (Å²) in [7, 11) is 1.78. The van der Waals surface area contributed by atoms with Crippen LogP contribution in [0, 0.1) is 20.8 Å². The van der Waals surface area contributed by atoms with Crippen LogP contribution in [-0.2, 0) is 0 Å². The molecular formula is C15H17NO2. The van der Waals surface area contributed by atoms with Crippen molar-refractivity contribution in [1.29, 1.82) is 0 Å². The summed E-state index contributed by atoms with van der Waals surface area (Å²) in [6, 6.07) is 7.70. The third kappa shape index (κ3) is 2.16. The van der Waals surface area contributed by atoms with Gasteiger partial charge in [-0.25, -0.2) is 0 Å². The quantitative estimate of drug-likeness (QED) is 0.809. The molecule has 1 amide bonds. The molecule has 3 nitrogen and oxygen atoms in total. The summed E-state index contributed by atoms with van der Waals surface area (Å²) < 4.78 is 5.17. The average molecular weight is 243 g/mol. The molecule has 0 saturated heterocycles. The van der Waals surface area contributed by atoms with E-state index in [1.807, 2.05) is 25.1 Å². The molecule has 18 heavy (non-hydrogen) atoms. The summed E-state index contributed by atoms with van der Waals surface area (Å²) in [5.74, 6) is 0.597. The molecule has 3 heteroatoms. The molecule has 0 aliphatic heterocycles. The van der Waals surface area contributed by atoms with Gasteiger partial charge in [0.05, 0.1) is 11.8 Å². The van der Waals surface area contributed by atoms with Gasteiger partial charge in [0.25, 0.3) is 5.91 Å². The average Bonchev–Trinajstić information content (AvgIpc) is 2.77. The molecule has 0 saturated carbocycles. The SMILES string of the molecule is Cc1ccc(N(C)C(=O)c2ccoc2C)cc1C. The Morgan fingerprint density at radius 1 is 1.11 bits per heavy atom. The van der Waals surface area contributed by atoms with E-state index in [9.17, 15) is 4.79 Å². The first-order chi connectivity index (χ1) is 8.50. The van der Waals surface area contributed by atoms with Crippen molar-refractivity contribution in [2.24, 2.45) is 0 Å². The highest BCUT2D eigenvalue weighted by Crippen LogP contribution is 2.20. The number of hydrogen-bond donors (Lipinski definition) is 0. The molecule has 0 radical (unpaired) electrons. The van der Waals surface area contributed by atoms with Gasteiger partial charge in [0, 0.05) is 12.7 Å². The fourth-order valence-corrected chi connectivity index (χ4v) is 1.84. The Hall–Kier alpha value is -2.03. The molecule has 0 fully saturated rings. The van der Waals surface area contributed by atoms with Gasteiger partial charge in [0.2, 0.25) is 0 Å². The summed E-state index contributed by atoms with van der Waals surface area (Å²) >= 11 is 0. The molecule has 1 aromatic heterocycles. The van der Waals surface area contributed by atoms with Crippen LogP contribution in [0.2, 0.25) is 0 Å². The molecule has 1 heterocycles. The van der Waals surface area contributed by atoms with E-state index in [1.54, 1.807) is 24.9 Å². The van der Waals surface area contributed by atoms with Crippen LogP contribution < -0.4 is 4.90 Å². The van der Waals surface area contributed by atoms with Crippen LogP contribution in [0.15, 0.2) is 34.9 Å². The van der Waals surface area contributed by atoms with Gasteiger partial charge >= 0.3 is 0 Å². The number of aryl methyl sites for hydroxylation is 3. The van der Waals surface area contributed by atoms with Gasteiger partial charge in [-0.05, 0) is 50.1 Å². The molecule has 94 valence electrons. The minimum absolute atomic E-state index is 0.0514. The van der Waals surface area contributed by atoms with E-state index < -0.39 is 0 Å². The Labute approximate surface area is 107 Å². The Balaban J connectivity index is 2.31. The van der Waals surface area contributed by atoms with Crippen LogP contribution in [0.5, 0.6) is 0 Å². The molecule has 0 atom stereocenters. The molecule has 0 spiro atoms. The van der Waals surface area contributed by atoms with Crippen LogP contribution in [0.1, 0.15) is 27.2 Å². The van der Waals surface area contributed by atoms with Crippen molar-refractivity contribution in [3.05, 3.63) is 53.0 Å². The first-order valence-corrected chi connectivity index (χ1v) is 5.90. The van der Waals surface area contributed by atoms with Crippen molar-refractivity contribution >= 4 is 11.6 Å². The minimum Gasteiger partial charge on any atom is -0.469 e. The lowest BCUT2D eigenvalue weighted by atomic mass is 10.1. The molecule has 0 N–H and O–H groups in total. The summed E-state index contributed by atoms with van der Waals surface area (Å²) in [6.07, 6.45) is 1.54. The fourth-order valence-electron chi connectivity index (χ4n) is 1.84. The highest BCUT2D eigenvalue weighted by molar-refractivity contribution is 6.06. The number of amides is 1. The second-order valence-electron chi connectivity index (χ2n) is 4.52. The number of furan rings is 1. The van der Waals surface area contributed by atoms with Crippen molar-refractivity contribution in [2.45, 2.75) is 20.8 Å². The Bertz CT molecular complexity index is 584. The maximum Gasteiger partial charge on any atom is 0.261 e. The number of anilines is 1. The number of nitrogens with zero attached hydrogens (tertiary/aromatic N) is 1. The molecule has 0 aliphatic rings. The number of carbonyl (C=O) groups is 1. The predicted molar refractivity (Wildman–Crippen MR) is 72.1 cm³/mol. The van der Waals surface area contributed by atoms with E-state index in [-0.39, 0.29) is 5.91 Å². The van der Waals surface area contributed by atoms with Crippen molar-refractivity contribution in [3.63, 3.8) is 0 Å². The summed E-state index contributed by atoms with van der Waals surface area (Å²) in [6.45, 7) is 5.89. The van der Waals surface area contributed by atoms with E-state index in [4.69, 9.17) is 4.42 Å². The zero-order valence-corrected chi connectivity index (χ0v) is 11.2. The lowest BCUT2D eigenvalue weighted by Gasteiger charge is -2.18. The van der Waals surface area contributed by atoms with E-state index >= 15 is 0 Å². The van der Waals surface area contributed by atoms with Gasteiger partial charge in [0.15, 0.2) is 0 Å². The van der Waals surface area contributed by atoms with Crippen molar-refractivity contribution in [2.75, 3.05) is 11.9 Å². The maximum absolute atomic E-state index is 12.3. The van der Waals surface area contributed by atoms with E-state index in [2.05, 4.69) is 6.92 Å². The second-order valence-corrected chi connectivity index (χ2v) is 4.52. The minimum atomic E-state index is -0.0514. The fraction of sp³-hybridized carbons (Fsp3) is 0.267. The molecule has 1 aromatic carbocycles. The van der Waals surface area contributed by atoms with Crippen molar-refractivity contribution < 1.29 is 9.21 Å². The van der Waals surface area contributed by atoms with Crippen LogP contribution in [0.3, 0.4) is 0 Å². The smallest absolute Gasteiger partial charge is 0.261 e. The van der Waals surface area contributed by atoms with Crippen molar-refractivity contribution in [1.82, 2.24) is 0 Å². The topological polar surface area (TPSA) is 33.5 Å². The zero-order valence-electron chi connectivity index (χ0n) is 11.2. The maximum atomic E-state index is 12.3. The highest BCUT2D eigenvalue weighted by atomic mass is 16.3. The van der Waals surface area contributed by atoms with Gasteiger partial charge in [0.1, 0.15) is 5.76 Å². The number of carbonyl (C=O) groups excluding carboxylic acids is 1. The van der Waals surface area contributed by atoms with Crippen molar-refractivity contribution in [3.8, 4) is 0 Å². The lowest BCUT2D eigenvalue weighted by molar-refractivity contribution is 0.0991. The lowest BCUT2D eigenvalue weighted by Crippen LogP contribution is -2.26. The summed E-state index contributed by atoms with van der Waals surface area (Å²) in [4.78, 5) is 13.9. The molecular weight excluding hydrogens is 226 g/mol. The Morgan fingerprint density at radius 3 is 2.39 bits per heavy atom. The van der Waals surface area contributed by atoms with Gasteiger partial charge in [-0.1, -0.05) is 6.07 Å². The first kappa shape index (κ1) is 12.4. The molecule has 0 aliphatic carbocycles. The number of hydrogen-bond acceptors (Lipinski definition) is 2. The third-order valence-electron chi connectivity index (χ3n) is 3.27. The molecule has 2 aromatic rings. The van der Waals surface area contributed by atoms with Gasteiger partial charge in [-0.15, -0.1) is 0 Å². The molecule has 0 bridgehead atoms. The van der Waals surface area contributed by atoms with Crippen LogP contribution in [-0.4, -0.2) is 13.0 Å². The Morgan fingerprint density at radius 2 is 1.83 bits per heavy atom. The summed E-state index contributed by atoms with van der Waals surface area (Å²) in [5.41, 5.74) is 3.90. The predicted octanol–water partition coefficient (Wildman–Crippen LogP) is 3.48. The second kappa shape index (κ2) is 4.69. The monoisotopic (exact) mass is 243 g/mol. The normalized spacial score (nSPS) is 10.4. The van der Waals surface area contributed by atoms with Gasteiger partial charge in [-0.2, -0.15) is 0 Å². The highest BCUT2D eigenvalue weighted by Gasteiger charge is 2.17. The molecule has 2 rings (SSSR count). The van der Waals surface area contributed by atoms with E-state index in [1.165, 1.54) is 17.4 Å². The Kier molecular flexibility index (Phi) is 3.24. The third-order valence-corrected chi connectivity index (χ3v) is 3.27. The van der Waals surface area contributed by atoms with Crippen LogP contribution in [0.25, 0.3) is 0 Å². The zero-order chi connectivity index (χ0) is 13.3. The largest absolute Gasteiger partial charge is 0.469 e. The van der Waals surface area contributed by atoms with Crippen LogP contribution in [0.4, 0.5) is 5.69 Å². The number of rotatable bonds is 2.